The van der Waals surface area contributed by atoms with Gasteiger partial charge in [-0.15, -0.1) is 0 Å². The average molecular weight is 387 g/mol. The number of rotatable bonds is 5. The van der Waals surface area contributed by atoms with Gasteiger partial charge in [0.25, 0.3) is 0 Å². The quantitative estimate of drug-likeness (QED) is 0.528. The summed E-state index contributed by atoms with van der Waals surface area (Å²) in [4.78, 5) is 11.9. The fraction of sp³-hybridized carbons (Fsp3) is 0.105. The molecule has 0 fully saturated rings. The molecule has 1 N–H and O–H groups in total. The van der Waals surface area contributed by atoms with Crippen LogP contribution in [0.2, 0.25) is 10.2 Å². The summed E-state index contributed by atoms with van der Waals surface area (Å²) in [7, 11) is 0. The van der Waals surface area contributed by atoms with Crippen molar-refractivity contribution in [1.29, 1.82) is 0 Å². The van der Waals surface area contributed by atoms with Gasteiger partial charge in [-0.25, -0.2) is 10.1 Å². The number of benzene rings is 2. The van der Waals surface area contributed by atoms with Gasteiger partial charge in [0.1, 0.15) is 5.15 Å². The maximum Gasteiger partial charge on any atom is 0.244 e. The molecule has 26 heavy (non-hydrogen) atoms. The summed E-state index contributed by atoms with van der Waals surface area (Å²) in [5, 5.41) is 9.39. The van der Waals surface area contributed by atoms with Gasteiger partial charge in [0.2, 0.25) is 5.91 Å². The molecule has 7 heteroatoms. The highest BCUT2D eigenvalue weighted by molar-refractivity contribution is 6.32. The lowest BCUT2D eigenvalue weighted by molar-refractivity contribution is -0.120. The molecule has 2 aromatic carbocycles. The average Bonchev–Trinajstić information content (AvgIpc) is 2.91. The van der Waals surface area contributed by atoms with Crippen LogP contribution in [0.1, 0.15) is 16.8 Å². The van der Waals surface area contributed by atoms with Crippen LogP contribution in [0.5, 0.6) is 0 Å². The van der Waals surface area contributed by atoms with Crippen LogP contribution in [0.3, 0.4) is 0 Å². The summed E-state index contributed by atoms with van der Waals surface area (Å²) in [6, 6.07) is 16.7. The minimum absolute atomic E-state index is 0.205. The Morgan fingerprint density at radius 2 is 1.96 bits per heavy atom. The molecule has 0 radical (unpaired) electrons. The summed E-state index contributed by atoms with van der Waals surface area (Å²) in [6.45, 7) is 1.82. The fourth-order valence-electron chi connectivity index (χ4n) is 2.43. The van der Waals surface area contributed by atoms with E-state index in [1.54, 1.807) is 16.8 Å². The first kappa shape index (κ1) is 18.2. The topological polar surface area (TPSA) is 59.3 Å². The molecule has 0 saturated heterocycles. The molecule has 3 aromatic rings. The maximum atomic E-state index is 11.9. The van der Waals surface area contributed by atoms with Crippen molar-refractivity contribution in [2.24, 2.45) is 5.10 Å². The van der Waals surface area contributed by atoms with Crippen LogP contribution in [-0.2, 0) is 11.2 Å². The molecule has 0 saturated carbocycles. The Morgan fingerprint density at radius 3 is 2.69 bits per heavy atom. The predicted octanol–water partition coefficient (Wildman–Crippen LogP) is 4.18. The Kier molecular flexibility index (Phi) is 5.71. The molecule has 0 atom stereocenters. The van der Waals surface area contributed by atoms with E-state index in [2.05, 4.69) is 15.6 Å². The van der Waals surface area contributed by atoms with Crippen LogP contribution in [0.4, 0.5) is 0 Å². The Bertz CT molecular complexity index is 951. The van der Waals surface area contributed by atoms with Crippen LogP contribution >= 0.6 is 23.2 Å². The molecule has 5 nitrogen and oxygen atoms in total. The molecule has 0 unspecified atom stereocenters. The second-order valence-electron chi connectivity index (χ2n) is 5.64. The Hall–Kier alpha value is -2.63. The van der Waals surface area contributed by atoms with Crippen LogP contribution < -0.4 is 5.43 Å². The van der Waals surface area contributed by atoms with Gasteiger partial charge in [0.05, 0.1) is 29.6 Å². The molecule has 3 rings (SSSR count). The highest BCUT2D eigenvalue weighted by Crippen LogP contribution is 2.23. The largest absolute Gasteiger partial charge is 0.273 e. The first-order chi connectivity index (χ1) is 12.5. The van der Waals surface area contributed by atoms with E-state index in [1.165, 1.54) is 6.21 Å². The zero-order chi connectivity index (χ0) is 18.5. The van der Waals surface area contributed by atoms with E-state index in [1.807, 2.05) is 49.4 Å². The summed E-state index contributed by atoms with van der Waals surface area (Å²) in [5.41, 5.74) is 5.50. The summed E-state index contributed by atoms with van der Waals surface area (Å²) in [6.07, 6.45) is 1.75. The number of hydrogen-bond acceptors (Lipinski definition) is 3. The van der Waals surface area contributed by atoms with E-state index >= 15 is 0 Å². The van der Waals surface area contributed by atoms with Crippen molar-refractivity contribution in [3.8, 4) is 5.69 Å². The molecule has 0 spiro atoms. The summed E-state index contributed by atoms with van der Waals surface area (Å²) in [5.74, 6) is -0.205. The van der Waals surface area contributed by atoms with Gasteiger partial charge in [0.15, 0.2) is 0 Å². The number of nitrogens with zero attached hydrogens (tertiary/aromatic N) is 3. The third-order valence-corrected chi connectivity index (χ3v) is 4.29. The molecule has 0 bridgehead atoms. The molecular weight excluding hydrogens is 371 g/mol. The molecule has 0 aliphatic rings. The smallest absolute Gasteiger partial charge is 0.244 e. The zero-order valence-corrected chi connectivity index (χ0v) is 15.5. The number of carbonyl (C=O) groups excluding carboxylic acids is 1. The van der Waals surface area contributed by atoms with E-state index in [0.717, 1.165) is 11.3 Å². The van der Waals surface area contributed by atoms with Crippen molar-refractivity contribution in [2.75, 3.05) is 0 Å². The molecule has 0 aliphatic carbocycles. The van der Waals surface area contributed by atoms with E-state index in [0.29, 0.717) is 21.4 Å². The Morgan fingerprint density at radius 1 is 1.19 bits per heavy atom. The van der Waals surface area contributed by atoms with Crippen molar-refractivity contribution in [3.05, 3.63) is 81.6 Å². The number of aromatic nitrogens is 2. The monoisotopic (exact) mass is 386 g/mol. The van der Waals surface area contributed by atoms with Crippen LogP contribution in [0, 0.1) is 6.92 Å². The van der Waals surface area contributed by atoms with Crippen LogP contribution in [0.25, 0.3) is 5.69 Å². The number of hydrazone groups is 1. The predicted molar refractivity (Wildman–Crippen MR) is 104 cm³/mol. The number of halogens is 2. The van der Waals surface area contributed by atoms with Crippen molar-refractivity contribution >= 4 is 35.3 Å². The lowest BCUT2D eigenvalue weighted by Crippen LogP contribution is -2.19. The summed E-state index contributed by atoms with van der Waals surface area (Å²) >= 11 is 12.4. The fourth-order valence-corrected chi connectivity index (χ4v) is 2.93. The minimum atomic E-state index is -0.205. The SMILES string of the molecule is Cc1nn(-c2cccc(Cl)c2)c(Cl)c1/C=N/NC(=O)Cc1ccccc1. The van der Waals surface area contributed by atoms with Crippen LogP contribution in [0.15, 0.2) is 59.7 Å². The van der Waals surface area contributed by atoms with E-state index < -0.39 is 0 Å². The van der Waals surface area contributed by atoms with Gasteiger partial charge in [-0.3, -0.25) is 4.79 Å². The van der Waals surface area contributed by atoms with Crippen molar-refractivity contribution < 1.29 is 4.79 Å². The molecule has 0 aliphatic heterocycles. The second-order valence-corrected chi connectivity index (χ2v) is 6.43. The normalized spacial score (nSPS) is 11.0. The van der Waals surface area contributed by atoms with Crippen LogP contribution in [-0.4, -0.2) is 21.9 Å². The minimum Gasteiger partial charge on any atom is -0.273 e. The van der Waals surface area contributed by atoms with Crippen molar-refractivity contribution in [1.82, 2.24) is 15.2 Å². The van der Waals surface area contributed by atoms with Gasteiger partial charge in [-0.05, 0) is 30.7 Å². The molecule has 132 valence electrons. The Balaban J connectivity index is 1.72. The van der Waals surface area contributed by atoms with Gasteiger partial charge in [-0.1, -0.05) is 59.6 Å². The third kappa shape index (κ3) is 4.31. The highest BCUT2D eigenvalue weighted by Gasteiger charge is 2.13. The number of carbonyl (C=O) groups is 1. The maximum absolute atomic E-state index is 11.9. The van der Waals surface area contributed by atoms with Crippen molar-refractivity contribution in [2.45, 2.75) is 13.3 Å². The number of nitrogens with one attached hydrogen (secondary N) is 1. The molecule has 1 aromatic heterocycles. The van der Waals surface area contributed by atoms with Gasteiger partial charge >= 0.3 is 0 Å². The molecule has 1 heterocycles. The van der Waals surface area contributed by atoms with Gasteiger partial charge in [0, 0.05) is 5.02 Å². The third-order valence-electron chi connectivity index (χ3n) is 3.69. The zero-order valence-electron chi connectivity index (χ0n) is 14.0. The number of amides is 1. The number of hydrogen-bond donors (Lipinski definition) is 1. The Labute approximate surface area is 161 Å². The van der Waals surface area contributed by atoms with Crippen molar-refractivity contribution in [3.63, 3.8) is 0 Å². The first-order valence-electron chi connectivity index (χ1n) is 7.91. The van der Waals surface area contributed by atoms with Gasteiger partial charge < -0.3 is 0 Å². The van der Waals surface area contributed by atoms with Gasteiger partial charge in [-0.2, -0.15) is 10.2 Å². The van der Waals surface area contributed by atoms with E-state index in [4.69, 9.17) is 23.2 Å². The highest BCUT2D eigenvalue weighted by atomic mass is 35.5. The van der Waals surface area contributed by atoms with E-state index in [-0.39, 0.29) is 12.3 Å². The molecule has 1 amide bonds. The lowest BCUT2D eigenvalue weighted by Gasteiger charge is -2.03. The standard InChI is InChI=1S/C19H16Cl2N4O/c1-13-17(12-22-23-18(26)10-14-6-3-2-4-7-14)19(21)25(24-13)16-9-5-8-15(20)11-16/h2-9,11-12H,10H2,1H3,(H,23,26)/b22-12+. The molecular formula is C19H16Cl2N4O. The second kappa shape index (κ2) is 8.17. The van der Waals surface area contributed by atoms with E-state index in [9.17, 15) is 4.79 Å². The first-order valence-corrected chi connectivity index (χ1v) is 8.67. The lowest BCUT2D eigenvalue weighted by atomic mass is 10.1. The summed E-state index contributed by atoms with van der Waals surface area (Å²) < 4.78 is 1.58. The number of aryl methyl sites for hydroxylation is 1.